The van der Waals surface area contributed by atoms with Crippen molar-refractivity contribution in [1.82, 2.24) is 4.90 Å². The van der Waals surface area contributed by atoms with Gasteiger partial charge in [-0.25, -0.2) is 4.79 Å². The number of benzene rings is 1. The van der Waals surface area contributed by atoms with Crippen LogP contribution < -0.4 is 5.32 Å². The Bertz CT molecular complexity index is 475. The summed E-state index contributed by atoms with van der Waals surface area (Å²) < 4.78 is 36.6. The van der Waals surface area contributed by atoms with E-state index in [1.54, 1.807) is 18.2 Å². The van der Waals surface area contributed by atoms with Crippen molar-refractivity contribution in [2.24, 2.45) is 0 Å². The van der Waals surface area contributed by atoms with Crippen LogP contribution in [-0.2, 0) is 6.42 Å². The van der Waals surface area contributed by atoms with Crippen molar-refractivity contribution >= 4 is 11.7 Å². The van der Waals surface area contributed by atoms with Crippen LogP contribution in [0.1, 0.15) is 12.0 Å². The Kier molecular flexibility index (Phi) is 7.13. The maximum Gasteiger partial charge on any atom is 0.389 e. The van der Waals surface area contributed by atoms with Crippen molar-refractivity contribution in [1.29, 1.82) is 0 Å². The van der Waals surface area contributed by atoms with Crippen LogP contribution in [0.25, 0.3) is 0 Å². The predicted molar refractivity (Wildman–Crippen MR) is 75.6 cm³/mol. The van der Waals surface area contributed by atoms with Gasteiger partial charge in [-0.05, 0) is 24.1 Å². The standard InChI is InChI=1S/C14H19F3N2O3/c15-14(16,17)5-4-11-2-1-3-12(10-11)18-13(22)19(6-8-20)7-9-21/h1-3,10,20-21H,4-9H2,(H,18,22). The van der Waals surface area contributed by atoms with Crippen LogP contribution in [0.3, 0.4) is 0 Å². The van der Waals surface area contributed by atoms with E-state index in [-0.39, 0.29) is 32.7 Å². The minimum Gasteiger partial charge on any atom is -0.395 e. The average Bonchev–Trinajstić information content (AvgIpc) is 2.44. The molecule has 0 atom stereocenters. The Hall–Kier alpha value is -1.80. The lowest BCUT2D eigenvalue weighted by molar-refractivity contribution is -0.133. The smallest absolute Gasteiger partial charge is 0.389 e. The number of alkyl halides is 3. The average molecular weight is 320 g/mol. The fourth-order valence-electron chi connectivity index (χ4n) is 1.85. The van der Waals surface area contributed by atoms with Gasteiger partial charge in [0.1, 0.15) is 0 Å². The highest BCUT2D eigenvalue weighted by atomic mass is 19.4. The van der Waals surface area contributed by atoms with Gasteiger partial charge in [0.25, 0.3) is 0 Å². The van der Waals surface area contributed by atoms with Gasteiger partial charge in [0, 0.05) is 25.2 Å². The molecule has 0 aliphatic heterocycles. The van der Waals surface area contributed by atoms with Gasteiger partial charge in [-0.3, -0.25) is 0 Å². The quantitative estimate of drug-likeness (QED) is 0.719. The van der Waals surface area contributed by atoms with Gasteiger partial charge in [0.2, 0.25) is 0 Å². The minimum atomic E-state index is -4.22. The van der Waals surface area contributed by atoms with Crippen LogP contribution in [0.4, 0.5) is 23.7 Å². The lowest BCUT2D eigenvalue weighted by Crippen LogP contribution is -2.38. The number of hydrogen-bond acceptors (Lipinski definition) is 3. The molecule has 0 saturated carbocycles. The van der Waals surface area contributed by atoms with Crippen molar-refractivity contribution in [3.05, 3.63) is 29.8 Å². The van der Waals surface area contributed by atoms with E-state index in [0.29, 0.717) is 11.3 Å². The molecule has 0 aromatic heterocycles. The third-order valence-corrected chi connectivity index (χ3v) is 2.90. The Morgan fingerprint density at radius 1 is 1.18 bits per heavy atom. The summed E-state index contributed by atoms with van der Waals surface area (Å²) in [6.07, 6.45) is -5.31. The Morgan fingerprint density at radius 2 is 1.82 bits per heavy atom. The van der Waals surface area contributed by atoms with Gasteiger partial charge in [-0.15, -0.1) is 0 Å². The SMILES string of the molecule is O=C(Nc1cccc(CCC(F)(F)F)c1)N(CCO)CCO. The maximum absolute atomic E-state index is 12.2. The van der Waals surface area contributed by atoms with Gasteiger partial charge in [-0.1, -0.05) is 12.1 Å². The third-order valence-electron chi connectivity index (χ3n) is 2.90. The number of aryl methyl sites for hydroxylation is 1. The highest BCUT2D eigenvalue weighted by Gasteiger charge is 2.26. The molecule has 0 aliphatic carbocycles. The first-order valence-corrected chi connectivity index (χ1v) is 6.79. The van der Waals surface area contributed by atoms with E-state index in [1.165, 1.54) is 11.0 Å². The number of urea groups is 1. The van der Waals surface area contributed by atoms with Crippen molar-refractivity contribution in [2.75, 3.05) is 31.6 Å². The van der Waals surface area contributed by atoms with E-state index in [0.717, 1.165) is 0 Å². The van der Waals surface area contributed by atoms with E-state index in [1.807, 2.05) is 0 Å². The summed E-state index contributed by atoms with van der Waals surface area (Å²) in [6, 6.07) is 5.62. The van der Waals surface area contributed by atoms with Crippen molar-refractivity contribution < 1.29 is 28.2 Å². The van der Waals surface area contributed by atoms with E-state index in [9.17, 15) is 18.0 Å². The number of hydrogen-bond donors (Lipinski definition) is 3. The highest BCUT2D eigenvalue weighted by molar-refractivity contribution is 5.89. The van der Waals surface area contributed by atoms with Gasteiger partial charge >= 0.3 is 12.2 Å². The molecule has 0 unspecified atom stereocenters. The summed E-state index contributed by atoms with van der Waals surface area (Å²) in [5.41, 5.74) is 0.830. The molecule has 1 aromatic rings. The van der Waals surface area contributed by atoms with E-state index in [2.05, 4.69) is 5.32 Å². The molecule has 1 rings (SSSR count). The van der Waals surface area contributed by atoms with Crippen LogP contribution in [0.2, 0.25) is 0 Å². The molecular weight excluding hydrogens is 301 g/mol. The van der Waals surface area contributed by atoms with Crippen molar-refractivity contribution in [2.45, 2.75) is 19.0 Å². The van der Waals surface area contributed by atoms with E-state index < -0.39 is 18.6 Å². The molecule has 124 valence electrons. The van der Waals surface area contributed by atoms with E-state index >= 15 is 0 Å². The first-order chi connectivity index (χ1) is 10.4. The summed E-state index contributed by atoms with van der Waals surface area (Å²) in [5, 5.41) is 20.3. The van der Waals surface area contributed by atoms with Gasteiger partial charge in [0.15, 0.2) is 0 Å². The molecule has 0 heterocycles. The number of anilines is 1. The normalized spacial score (nSPS) is 11.3. The fraction of sp³-hybridized carbons (Fsp3) is 0.500. The largest absolute Gasteiger partial charge is 0.395 e. The number of carbonyl (C=O) groups excluding carboxylic acids is 1. The summed E-state index contributed by atoms with van der Waals surface area (Å²) in [5.74, 6) is 0. The molecule has 0 bridgehead atoms. The predicted octanol–water partition coefficient (Wildman–Crippen LogP) is 2.00. The lowest BCUT2D eigenvalue weighted by Gasteiger charge is -2.21. The van der Waals surface area contributed by atoms with Crippen LogP contribution in [0.15, 0.2) is 24.3 Å². The number of carbonyl (C=O) groups is 1. The zero-order chi connectivity index (χ0) is 16.6. The first-order valence-electron chi connectivity index (χ1n) is 6.79. The number of halogens is 3. The Morgan fingerprint density at radius 3 is 2.36 bits per heavy atom. The summed E-state index contributed by atoms with van der Waals surface area (Å²) in [4.78, 5) is 13.1. The number of aliphatic hydroxyl groups is 2. The van der Waals surface area contributed by atoms with E-state index in [4.69, 9.17) is 10.2 Å². The molecule has 0 fully saturated rings. The molecule has 5 nitrogen and oxygen atoms in total. The van der Waals surface area contributed by atoms with Crippen LogP contribution in [0.5, 0.6) is 0 Å². The molecule has 8 heteroatoms. The van der Waals surface area contributed by atoms with Crippen LogP contribution in [0, 0.1) is 0 Å². The first kappa shape index (κ1) is 18.2. The molecule has 3 N–H and O–H groups in total. The summed E-state index contributed by atoms with van der Waals surface area (Å²) in [7, 11) is 0. The van der Waals surface area contributed by atoms with Crippen LogP contribution >= 0.6 is 0 Å². The lowest BCUT2D eigenvalue weighted by atomic mass is 10.1. The minimum absolute atomic E-state index is 0.0557. The number of nitrogens with one attached hydrogen (secondary N) is 1. The molecule has 0 radical (unpaired) electrons. The fourth-order valence-corrected chi connectivity index (χ4v) is 1.85. The Balaban J connectivity index is 2.66. The van der Waals surface area contributed by atoms with Gasteiger partial charge in [-0.2, -0.15) is 13.2 Å². The topological polar surface area (TPSA) is 72.8 Å². The number of aliphatic hydroxyl groups excluding tert-OH is 2. The maximum atomic E-state index is 12.2. The van der Waals surface area contributed by atoms with Crippen molar-refractivity contribution in [3.8, 4) is 0 Å². The van der Waals surface area contributed by atoms with Gasteiger partial charge in [0.05, 0.1) is 13.2 Å². The number of amides is 2. The molecule has 0 saturated heterocycles. The molecule has 0 aliphatic rings. The molecular formula is C14H19F3N2O3. The second-order valence-electron chi connectivity index (χ2n) is 4.68. The number of rotatable bonds is 7. The third kappa shape index (κ3) is 6.77. The number of nitrogens with zero attached hydrogens (tertiary/aromatic N) is 1. The highest BCUT2D eigenvalue weighted by Crippen LogP contribution is 2.23. The second-order valence-corrected chi connectivity index (χ2v) is 4.68. The Labute approximate surface area is 126 Å². The molecule has 1 aromatic carbocycles. The second kappa shape index (κ2) is 8.60. The zero-order valence-electron chi connectivity index (χ0n) is 11.9. The summed E-state index contributed by atoms with van der Waals surface area (Å²) >= 11 is 0. The zero-order valence-corrected chi connectivity index (χ0v) is 11.9. The molecule has 2 amide bonds. The monoisotopic (exact) mass is 320 g/mol. The van der Waals surface area contributed by atoms with Gasteiger partial charge < -0.3 is 20.4 Å². The van der Waals surface area contributed by atoms with Crippen molar-refractivity contribution in [3.63, 3.8) is 0 Å². The summed E-state index contributed by atoms with van der Waals surface area (Å²) in [6.45, 7) is -0.390. The molecule has 0 spiro atoms. The van der Waals surface area contributed by atoms with Crippen LogP contribution in [-0.4, -0.2) is 53.6 Å². The molecule has 22 heavy (non-hydrogen) atoms.